The number of carbonyl (C=O) groups is 3. The van der Waals surface area contributed by atoms with Gasteiger partial charge in [0.25, 0.3) is 11.8 Å². The molecule has 7 heteroatoms. The van der Waals surface area contributed by atoms with E-state index in [0.717, 1.165) is 5.56 Å². The van der Waals surface area contributed by atoms with Crippen molar-refractivity contribution in [2.45, 2.75) is 33.1 Å². The Labute approximate surface area is 181 Å². The van der Waals surface area contributed by atoms with Crippen LogP contribution in [0.4, 0.5) is 5.69 Å². The molecule has 0 spiro atoms. The molecule has 0 saturated carbocycles. The van der Waals surface area contributed by atoms with Crippen molar-refractivity contribution >= 4 is 23.4 Å². The van der Waals surface area contributed by atoms with Gasteiger partial charge in [0.15, 0.2) is 0 Å². The van der Waals surface area contributed by atoms with E-state index >= 15 is 0 Å². The highest BCUT2D eigenvalue weighted by Crippen LogP contribution is 2.25. The Morgan fingerprint density at radius 3 is 2.48 bits per heavy atom. The highest BCUT2D eigenvalue weighted by Gasteiger charge is 2.35. The quantitative estimate of drug-likeness (QED) is 0.578. The number of hydrogen-bond donors (Lipinski definition) is 0. The van der Waals surface area contributed by atoms with Crippen LogP contribution in [0, 0.1) is 18.3 Å². The molecule has 1 aliphatic rings. The van der Waals surface area contributed by atoms with E-state index < -0.39 is 0 Å². The minimum absolute atomic E-state index is 0.158. The predicted molar refractivity (Wildman–Crippen MR) is 116 cm³/mol. The Kier molecular flexibility index (Phi) is 7.03. The topological polar surface area (TPSA) is 90.7 Å². The Morgan fingerprint density at radius 2 is 1.81 bits per heavy atom. The highest BCUT2D eigenvalue weighted by atomic mass is 16.5. The monoisotopic (exact) mass is 419 g/mol. The molecule has 0 unspecified atom stereocenters. The van der Waals surface area contributed by atoms with Gasteiger partial charge in [-0.15, -0.1) is 0 Å². The molecule has 3 amide bonds. The average molecular weight is 419 g/mol. The van der Waals surface area contributed by atoms with E-state index in [-0.39, 0.29) is 43.7 Å². The zero-order valence-corrected chi connectivity index (χ0v) is 17.8. The molecular formula is C24H25N3O4. The number of hydrogen-bond acceptors (Lipinski definition) is 5. The summed E-state index contributed by atoms with van der Waals surface area (Å²) >= 11 is 0. The third-order valence-corrected chi connectivity index (χ3v) is 5.11. The van der Waals surface area contributed by atoms with Crippen LogP contribution < -0.4 is 9.64 Å². The van der Waals surface area contributed by atoms with Gasteiger partial charge in [0, 0.05) is 25.2 Å². The first-order chi connectivity index (χ1) is 15.0. The summed E-state index contributed by atoms with van der Waals surface area (Å²) in [5.41, 5.74) is 2.42. The van der Waals surface area contributed by atoms with Gasteiger partial charge < -0.3 is 9.64 Å². The summed E-state index contributed by atoms with van der Waals surface area (Å²) in [6.07, 6.45) is 0.713. The van der Waals surface area contributed by atoms with Crippen LogP contribution in [0.3, 0.4) is 0 Å². The number of benzene rings is 2. The molecule has 0 bridgehead atoms. The summed E-state index contributed by atoms with van der Waals surface area (Å²) in [5.74, 6) is -0.0871. The molecule has 0 N–H and O–H groups in total. The normalized spacial score (nSPS) is 12.5. The second kappa shape index (κ2) is 9.90. The van der Waals surface area contributed by atoms with Crippen molar-refractivity contribution in [3.05, 3.63) is 59.2 Å². The van der Waals surface area contributed by atoms with Crippen molar-refractivity contribution in [3.63, 3.8) is 0 Å². The van der Waals surface area contributed by atoms with E-state index in [1.54, 1.807) is 47.4 Å². The van der Waals surface area contributed by atoms with E-state index in [1.807, 2.05) is 13.8 Å². The molecule has 1 aliphatic heterocycles. The number of nitrogens with zero attached hydrogens (tertiary/aromatic N) is 3. The molecule has 0 aromatic heterocycles. The first-order valence-corrected chi connectivity index (χ1v) is 10.3. The van der Waals surface area contributed by atoms with E-state index in [4.69, 9.17) is 10.00 Å². The molecule has 1 heterocycles. The van der Waals surface area contributed by atoms with Gasteiger partial charge in [-0.2, -0.15) is 5.26 Å². The molecular weight excluding hydrogens is 394 g/mol. The number of amides is 3. The second-order valence-electron chi connectivity index (χ2n) is 7.29. The first kappa shape index (κ1) is 22.0. The Morgan fingerprint density at radius 1 is 1.10 bits per heavy atom. The average Bonchev–Trinajstić information content (AvgIpc) is 2.99. The minimum atomic E-state index is -0.319. The van der Waals surface area contributed by atoms with Gasteiger partial charge in [0.2, 0.25) is 5.91 Å². The lowest BCUT2D eigenvalue weighted by Gasteiger charge is -2.23. The van der Waals surface area contributed by atoms with Crippen molar-refractivity contribution in [1.82, 2.24) is 4.90 Å². The van der Waals surface area contributed by atoms with Crippen molar-refractivity contribution in [1.29, 1.82) is 5.26 Å². The Hall–Kier alpha value is -3.66. The maximum atomic E-state index is 12.9. The van der Waals surface area contributed by atoms with Crippen LogP contribution in [-0.2, 0) is 4.79 Å². The number of anilines is 1. The number of carbonyl (C=O) groups excluding carboxylic acids is 3. The molecule has 31 heavy (non-hydrogen) atoms. The maximum absolute atomic E-state index is 12.9. The number of aryl methyl sites for hydroxylation is 1. The zero-order chi connectivity index (χ0) is 22.4. The molecule has 0 radical (unpaired) electrons. The molecule has 0 atom stereocenters. The number of fused-ring (bicyclic) bond motifs is 1. The van der Waals surface area contributed by atoms with Crippen molar-refractivity contribution < 1.29 is 19.1 Å². The lowest BCUT2D eigenvalue weighted by atomic mass is 10.1. The summed E-state index contributed by atoms with van der Waals surface area (Å²) in [6.45, 7) is 4.76. The van der Waals surface area contributed by atoms with E-state index in [9.17, 15) is 14.4 Å². The van der Waals surface area contributed by atoms with Crippen LogP contribution in [0.2, 0.25) is 0 Å². The fourth-order valence-corrected chi connectivity index (χ4v) is 3.58. The van der Waals surface area contributed by atoms with Crippen LogP contribution in [0.25, 0.3) is 0 Å². The molecule has 2 aromatic carbocycles. The summed E-state index contributed by atoms with van der Waals surface area (Å²) in [7, 11) is 0. The SMILES string of the molecule is CCOc1ccc(N(CCC#N)C(=O)CCCN2C(=O)c3ccc(C)cc3C2=O)cc1. The molecule has 2 aromatic rings. The lowest BCUT2D eigenvalue weighted by Crippen LogP contribution is -2.34. The standard InChI is InChI=1S/C24H25N3O4/c1-3-31-19-10-8-18(9-11-19)26(15-5-13-25)22(28)6-4-14-27-23(29)20-12-7-17(2)16-21(20)24(27)30/h7-12,16H,3-6,14-15H2,1-2H3. The summed E-state index contributed by atoms with van der Waals surface area (Å²) < 4.78 is 5.43. The summed E-state index contributed by atoms with van der Waals surface area (Å²) in [6, 6.07) is 14.4. The van der Waals surface area contributed by atoms with E-state index in [1.165, 1.54) is 4.90 Å². The van der Waals surface area contributed by atoms with Crippen LogP contribution >= 0.6 is 0 Å². The van der Waals surface area contributed by atoms with Crippen molar-refractivity contribution in [2.24, 2.45) is 0 Å². The second-order valence-corrected chi connectivity index (χ2v) is 7.29. The lowest BCUT2D eigenvalue weighted by molar-refractivity contribution is -0.118. The number of nitriles is 1. The van der Waals surface area contributed by atoms with Gasteiger partial charge >= 0.3 is 0 Å². The smallest absolute Gasteiger partial charge is 0.261 e. The predicted octanol–water partition coefficient (Wildman–Crippen LogP) is 3.72. The highest BCUT2D eigenvalue weighted by molar-refractivity contribution is 6.21. The number of ether oxygens (including phenoxy) is 1. The largest absolute Gasteiger partial charge is 0.494 e. The van der Waals surface area contributed by atoms with Gasteiger partial charge in [-0.25, -0.2) is 0 Å². The van der Waals surface area contributed by atoms with Crippen LogP contribution in [0.15, 0.2) is 42.5 Å². The molecule has 7 nitrogen and oxygen atoms in total. The fourth-order valence-electron chi connectivity index (χ4n) is 3.58. The zero-order valence-electron chi connectivity index (χ0n) is 17.8. The van der Waals surface area contributed by atoms with Gasteiger partial charge in [-0.3, -0.25) is 19.3 Å². The van der Waals surface area contributed by atoms with Gasteiger partial charge in [-0.1, -0.05) is 11.6 Å². The number of rotatable bonds is 9. The summed E-state index contributed by atoms with van der Waals surface area (Å²) in [5, 5.41) is 8.95. The molecule has 0 aliphatic carbocycles. The minimum Gasteiger partial charge on any atom is -0.494 e. The molecule has 160 valence electrons. The van der Waals surface area contributed by atoms with Crippen molar-refractivity contribution in [3.8, 4) is 11.8 Å². The fraction of sp³-hybridized carbons (Fsp3) is 0.333. The number of imide groups is 1. The van der Waals surface area contributed by atoms with Gasteiger partial charge in [0.05, 0.1) is 30.2 Å². The molecule has 0 saturated heterocycles. The van der Waals surface area contributed by atoms with Crippen LogP contribution in [0.1, 0.15) is 52.5 Å². The third kappa shape index (κ3) is 4.92. The van der Waals surface area contributed by atoms with Crippen molar-refractivity contribution in [2.75, 3.05) is 24.6 Å². The first-order valence-electron chi connectivity index (χ1n) is 10.3. The Bertz CT molecular complexity index is 1020. The van der Waals surface area contributed by atoms with E-state index in [0.29, 0.717) is 35.6 Å². The van der Waals surface area contributed by atoms with Crippen LogP contribution in [0.5, 0.6) is 5.75 Å². The van der Waals surface area contributed by atoms with Gasteiger partial charge in [-0.05, 0) is 56.7 Å². The Balaban J connectivity index is 1.63. The molecule has 0 fully saturated rings. The van der Waals surface area contributed by atoms with Crippen LogP contribution in [-0.4, -0.2) is 42.3 Å². The maximum Gasteiger partial charge on any atom is 0.261 e. The van der Waals surface area contributed by atoms with Gasteiger partial charge in [0.1, 0.15) is 5.75 Å². The summed E-state index contributed by atoms with van der Waals surface area (Å²) in [4.78, 5) is 40.7. The third-order valence-electron chi connectivity index (χ3n) is 5.11. The van der Waals surface area contributed by atoms with E-state index in [2.05, 4.69) is 6.07 Å². The molecule has 3 rings (SSSR count).